The van der Waals surface area contributed by atoms with Crippen LogP contribution in [-0.2, 0) is 5.41 Å². The summed E-state index contributed by atoms with van der Waals surface area (Å²) in [5.41, 5.74) is 17.0. The van der Waals surface area contributed by atoms with Gasteiger partial charge in [0.1, 0.15) is 0 Å². The molecule has 0 radical (unpaired) electrons. The zero-order valence-corrected chi connectivity index (χ0v) is 29.7. The highest BCUT2D eigenvalue weighted by Crippen LogP contribution is 2.63. The third kappa shape index (κ3) is 4.69. The number of fused-ring (bicyclic) bond motifs is 11. The lowest BCUT2D eigenvalue weighted by Crippen LogP contribution is -2.26. The Hall–Kier alpha value is -7.41. The van der Waals surface area contributed by atoms with E-state index in [1.165, 1.54) is 49.9 Å². The van der Waals surface area contributed by atoms with E-state index in [1.807, 2.05) is 12.1 Å². The number of benzene rings is 8. The van der Waals surface area contributed by atoms with E-state index in [4.69, 9.17) is 9.97 Å². The van der Waals surface area contributed by atoms with Gasteiger partial charge in [-0.15, -0.1) is 0 Å². The highest BCUT2D eigenvalue weighted by molar-refractivity contribution is 5.96. The van der Waals surface area contributed by atoms with Crippen LogP contribution < -0.4 is 0 Å². The smallest absolute Gasteiger partial charge is 0.160 e. The van der Waals surface area contributed by atoms with E-state index in [0.717, 1.165) is 44.6 Å². The summed E-state index contributed by atoms with van der Waals surface area (Å²) in [4.78, 5) is 10.3. The summed E-state index contributed by atoms with van der Waals surface area (Å²) in [5.74, 6) is 0.694. The van der Waals surface area contributed by atoms with Crippen LogP contribution in [0.15, 0.2) is 188 Å². The molecular weight excluding hydrogens is 667 g/mol. The maximum Gasteiger partial charge on any atom is 0.160 e. The average molecular weight is 698 g/mol. The van der Waals surface area contributed by atoms with Gasteiger partial charge < -0.3 is 0 Å². The minimum atomic E-state index is -0.537. The fraction of sp³-hybridized carbons (Fsp3) is 0.0192. The molecule has 0 N–H and O–H groups in total. The number of aromatic nitrogens is 2. The third-order valence-corrected chi connectivity index (χ3v) is 11.5. The number of rotatable bonds is 4. The van der Waals surface area contributed by atoms with E-state index in [9.17, 15) is 5.26 Å². The Labute approximate surface area is 319 Å². The first-order valence-electron chi connectivity index (χ1n) is 18.6. The van der Waals surface area contributed by atoms with Crippen molar-refractivity contribution in [2.45, 2.75) is 5.41 Å². The van der Waals surface area contributed by atoms with Crippen LogP contribution >= 0.6 is 0 Å². The lowest BCUT2D eigenvalue weighted by Gasteiger charge is -2.30. The van der Waals surface area contributed by atoms with Crippen LogP contribution in [-0.4, -0.2) is 9.97 Å². The van der Waals surface area contributed by atoms with Gasteiger partial charge in [-0.25, -0.2) is 9.97 Å². The van der Waals surface area contributed by atoms with Gasteiger partial charge in [0.05, 0.1) is 28.4 Å². The molecule has 0 saturated carbocycles. The van der Waals surface area contributed by atoms with Gasteiger partial charge in [0, 0.05) is 16.7 Å². The fourth-order valence-electron chi connectivity index (χ4n) is 9.06. The Bertz CT molecular complexity index is 3020. The van der Waals surface area contributed by atoms with Crippen LogP contribution in [0.4, 0.5) is 0 Å². The fourth-order valence-corrected chi connectivity index (χ4v) is 9.06. The molecule has 0 fully saturated rings. The second kappa shape index (κ2) is 12.1. The summed E-state index contributed by atoms with van der Waals surface area (Å²) in [6.45, 7) is 0. The van der Waals surface area contributed by atoms with Crippen molar-refractivity contribution in [2.24, 2.45) is 0 Å². The Balaban J connectivity index is 1.09. The molecule has 0 aliphatic heterocycles. The van der Waals surface area contributed by atoms with E-state index in [1.54, 1.807) is 0 Å². The first-order valence-corrected chi connectivity index (χ1v) is 18.6. The number of nitrogens with zero attached hydrogens (tertiary/aromatic N) is 3. The van der Waals surface area contributed by atoms with Gasteiger partial charge in [-0.1, -0.05) is 152 Å². The van der Waals surface area contributed by atoms with Gasteiger partial charge in [-0.05, 0) is 103 Å². The molecule has 3 nitrogen and oxygen atoms in total. The van der Waals surface area contributed by atoms with Crippen molar-refractivity contribution in [3.05, 3.63) is 216 Å². The minimum Gasteiger partial charge on any atom is -0.228 e. The van der Waals surface area contributed by atoms with Crippen molar-refractivity contribution in [2.75, 3.05) is 0 Å². The molecule has 9 aromatic rings. The van der Waals surface area contributed by atoms with Crippen LogP contribution in [0.2, 0.25) is 0 Å². The maximum atomic E-state index is 10.1. The molecular formula is C52H31N3. The average Bonchev–Trinajstić information content (AvgIpc) is 3.73. The van der Waals surface area contributed by atoms with E-state index in [2.05, 4.69) is 182 Å². The van der Waals surface area contributed by atoms with Gasteiger partial charge in [0.2, 0.25) is 0 Å². The minimum absolute atomic E-state index is 0.537. The van der Waals surface area contributed by atoms with Crippen molar-refractivity contribution >= 4 is 10.8 Å². The summed E-state index contributed by atoms with van der Waals surface area (Å²) in [6, 6.07) is 69.0. The summed E-state index contributed by atoms with van der Waals surface area (Å²) in [6.07, 6.45) is 0. The molecule has 0 amide bonds. The van der Waals surface area contributed by atoms with Crippen molar-refractivity contribution in [3.8, 4) is 73.4 Å². The van der Waals surface area contributed by atoms with Crippen molar-refractivity contribution < 1.29 is 0 Å². The van der Waals surface area contributed by atoms with E-state index >= 15 is 0 Å². The highest BCUT2D eigenvalue weighted by Gasteiger charge is 2.51. The van der Waals surface area contributed by atoms with Crippen LogP contribution in [0.1, 0.15) is 27.8 Å². The SMILES string of the molecule is N#Cc1ccc2c(c1)C1(c3ccccc3-c3ccccc31)c1cc(-c3cccc(-c4cc(-c5ccccc5)nc(-c5ccc6ccccc6c5)n4)c3)ccc1-2. The normalized spacial score (nSPS) is 12.9. The molecule has 1 aromatic heterocycles. The van der Waals surface area contributed by atoms with E-state index < -0.39 is 5.41 Å². The molecule has 0 bridgehead atoms. The first kappa shape index (κ1) is 31.1. The number of hydrogen-bond donors (Lipinski definition) is 0. The molecule has 55 heavy (non-hydrogen) atoms. The second-order valence-corrected chi connectivity index (χ2v) is 14.4. The maximum absolute atomic E-state index is 10.1. The molecule has 0 saturated heterocycles. The van der Waals surface area contributed by atoms with Crippen LogP contribution in [0.5, 0.6) is 0 Å². The zero-order valence-electron chi connectivity index (χ0n) is 29.7. The molecule has 8 aromatic carbocycles. The Morgan fingerprint density at radius 2 is 0.927 bits per heavy atom. The van der Waals surface area contributed by atoms with Crippen LogP contribution in [0.25, 0.3) is 78.1 Å². The lowest BCUT2D eigenvalue weighted by atomic mass is 9.70. The molecule has 11 rings (SSSR count). The summed E-state index contributed by atoms with van der Waals surface area (Å²) in [5, 5.41) is 12.4. The van der Waals surface area contributed by atoms with Gasteiger partial charge in [0.25, 0.3) is 0 Å². The summed E-state index contributed by atoms with van der Waals surface area (Å²) < 4.78 is 0. The van der Waals surface area contributed by atoms with Crippen molar-refractivity contribution in [1.82, 2.24) is 9.97 Å². The lowest BCUT2D eigenvalue weighted by molar-refractivity contribution is 0.793. The summed E-state index contributed by atoms with van der Waals surface area (Å²) >= 11 is 0. The quantitative estimate of drug-likeness (QED) is 0.184. The Morgan fingerprint density at radius 3 is 1.69 bits per heavy atom. The predicted octanol–water partition coefficient (Wildman–Crippen LogP) is 12.5. The van der Waals surface area contributed by atoms with E-state index in [0.29, 0.717) is 11.4 Å². The van der Waals surface area contributed by atoms with Crippen molar-refractivity contribution in [1.29, 1.82) is 5.26 Å². The molecule has 1 spiro atoms. The van der Waals surface area contributed by atoms with E-state index in [-0.39, 0.29) is 0 Å². The third-order valence-electron chi connectivity index (χ3n) is 11.5. The molecule has 254 valence electrons. The van der Waals surface area contributed by atoms with Crippen LogP contribution in [0, 0.1) is 11.3 Å². The standard InChI is InChI=1S/C52H31N3/c53-32-33-21-25-43-44-26-24-38(30-48(44)52(47(43)27-33)45-19-8-6-17-41(45)42-18-7-9-20-46(42)52)37-15-10-16-39(28-37)50-31-49(35-12-2-1-3-13-35)54-51(55-50)40-23-22-34-11-4-5-14-36(34)29-40/h1-31H. The summed E-state index contributed by atoms with van der Waals surface area (Å²) in [7, 11) is 0. The molecule has 3 heteroatoms. The highest BCUT2D eigenvalue weighted by atomic mass is 14.9. The Kier molecular flexibility index (Phi) is 6.83. The number of nitriles is 1. The molecule has 1 heterocycles. The predicted molar refractivity (Wildman–Crippen MR) is 222 cm³/mol. The molecule has 0 atom stereocenters. The molecule has 0 unspecified atom stereocenters. The monoisotopic (exact) mass is 697 g/mol. The van der Waals surface area contributed by atoms with Crippen molar-refractivity contribution in [3.63, 3.8) is 0 Å². The Morgan fingerprint density at radius 1 is 0.364 bits per heavy atom. The first-order chi connectivity index (χ1) is 27.2. The van der Waals surface area contributed by atoms with Gasteiger partial charge in [-0.2, -0.15) is 5.26 Å². The van der Waals surface area contributed by atoms with Gasteiger partial charge in [-0.3, -0.25) is 0 Å². The largest absolute Gasteiger partial charge is 0.228 e. The topological polar surface area (TPSA) is 49.6 Å². The zero-order chi connectivity index (χ0) is 36.5. The second-order valence-electron chi connectivity index (χ2n) is 14.4. The van der Waals surface area contributed by atoms with Gasteiger partial charge >= 0.3 is 0 Å². The molecule has 2 aliphatic rings. The van der Waals surface area contributed by atoms with Crippen LogP contribution in [0.3, 0.4) is 0 Å². The molecule has 2 aliphatic carbocycles. The van der Waals surface area contributed by atoms with Gasteiger partial charge in [0.15, 0.2) is 5.82 Å². The number of hydrogen-bond acceptors (Lipinski definition) is 3.